The predicted molar refractivity (Wildman–Crippen MR) is 107 cm³/mol. The van der Waals surface area contributed by atoms with Crippen LogP contribution in [-0.4, -0.2) is 12.0 Å². The van der Waals surface area contributed by atoms with Crippen LogP contribution in [0.3, 0.4) is 0 Å². The smallest absolute Gasteiger partial charge is 0.418 e. The molecule has 30 heavy (non-hydrogen) atoms. The molecule has 0 bridgehead atoms. The molecule has 0 aliphatic carbocycles. The van der Waals surface area contributed by atoms with Crippen LogP contribution in [0.5, 0.6) is 5.75 Å². The first-order valence-electron chi connectivity index (χ1n) is 9.02. The summed E-state index contributed by atoms with van der Waals surface area (Å²) < 4.78 is 44.8. The minimum atomic E-state index is -4.57. The number of hydrogen-bond acceptors (Lipinski definition) is 3. The Bertz CT molecular complexity index is 1070. The summed E-state index contributed by atoms with van der Waals surface area (Å²) in [6, 6.07) is 20.8. The van der Waals surface area contributed by atoms with E-state index in [1.807, 2.05) is 12.1 Å². The first-order chi connectivity index (χ1) is 14.3. The highest BCUT2D eigenvalue weighted by Crippen LogP contribution is 2.34. The molecule has 1 N–H and O–H groups in total. The van der Waals surface area contributed by atoms with E-state index < -0.39 is 23.8 Å². The van der Waals surface area contributed by atoms with Crippen molar-refractivity contribution in [2.45, 2.75) is 19.2 Å². The third-order valence-corrected chi connectivity index (χ3v) is 4.37. The number of ether oxygens (including phenoxy) is 1. The molecule has 0 saturated heterocycles. The Morgan fingerprint density at radius 1 is 0.967 bits per heavy atom. The number of carbonyl (C=O) groups excluding carboxylic acids is 1. The maximum atomic E-state index is 13.1. The molecular weight excluding hydrogens is 393 g/mol. The van der Waals surface area contributed by atoms with Gasteiger partial charge in [-0.3, -0.25) is 4.79 Å². The zero-order valence-electron chi connectivity index (χ0n) is 15.9. The Morgan fingerprint density at radius 2 is 1.53 bits per heavy atom. The first kappa shape index (κ1) is 20.9. The van der Waals surface area contributed by atoms with Gasteiger partial charge in [0.1, 0.15) is 5.75 Å². The van der Waals surface area contributed by atoms with Gasteiger partial charge in [0.25, 0.3) is 5.91 Å². The average Bonchev–Trinajstić information content (AvgIpc) is 2.74. The molecule has 3 rings (SSSR count). The minimum Gasteiger partial charge on any atom is -0.481 e. The molecule has 0 aliphatic rings. The maximum absolute atomic E-state index is 13.1. The molecule has 0 aliphatic heterocycles. The molecule has 0 saturated carbocycles. The van der Waals surface area contributed by atoms with Crippen molar-refractivity contribution in [3.05, 3.63) is 83.9 Å². The Morgan fingerprint density at radius 3 is 2.10 bits per heavy atom. The summed E-state index contributed by atoms with van der Waals surface area (Å²) in [5.41, 5.74) is 1.13. The van der Waals surface area contributed by atoms with Gasteiger partial charge in [-0.15, -0.1) is 0 Å². The molecule has 3 aromatic rings. The zero-order valence-corrected chi connectivity index (χ0v) is 15.9. The summed E-state index contributed by atoms with van der Waals surface area (Å²) >= 11 is 0. The van der Waals surface area contributed by atoms with Gasteiger partial charge in [0.2, 0.25) is 0 Å². The average molecular weight is 410 g/mol. The summed E-state index contributed by atoms with van der Waals surface area (Å²) in [4.78, 5) is 12.3. The van der Waals surface area contributed by atoms with Crippen LogP contribution in [0.25, 0.3) is 11.1 Å². The lowest BCUT2D eigenvalue weighted by Gasteiger charge is -2.17. The van der Waals surface area contributed by atoms with Crippen LogP contribution in [0.15, 0.2) is 72.8 Å². The van der Waals surface area contributed by atoms with Crippen molar-refractivity contribution in [3.8, 4) is 22.9 Å². The summed E-state index contributed by atoms with van der Waals surface area (Å²) in [5.74, 6) is -0.290. The van der Waals surface area contributed by atoms with E-state index in [1.54, 1.807) is 36.4 Å². The second kappa shape index (κ2) is 8.70. The number of carbonyl (C=O) groups is 1. The van der Waals surface area contributed by atoms with Crippen molar-refractivity contribution in [1.29, 1.82) is 5.26 Å². The zero-order chi connectivity index (χ0) is 21.7. The lowest BCUT2D eigenvalue weighted by atomic mass is 10.0. The van der Waals surface area contributed by atoms with E-state index >= 15 is 0 Å². The minimum absolute atomic E-state index is 0.318. The van der Waals surface area contributed by atoms with Gasteiger partial charge in [-0.2, -0.15) is 18.4 Å². The Kier molecular flexibility index (Phi) is 6.07. The molecule has 4 nitrogen and oxygen atoms in total. The SMILES string of the molecule is CC(Oc1ccc(-c2ccc(C#N)cc2)cc1)C(=O)Nc1ccccc1C(F)(F)F. The Hall–Kier alpha value is -3.79. The molecule has 1 unspecified atom stereocenters. The number of benzene rings is 3. The van der Waals surface area contributed by atoms with Gasteiger partial charge < -0.3 is 10.1 Å². The third kappa shape index (κ3) is 4.97. The van der Waals surface area contributed by atoms with E-state index in [4.69, 9.17) is 10.00 Å². The molecule has 0 aromatic heterocycles. The van der Waals surface area contributed by atoms with Gasteiger partial charge >= 0.3 is 6.18 Å². The number of nitrogens with zero attached hydrogens (tertiary/aromatic N) is 1. The van der Waals surface area contributed by atoms with Gasteiger partial charge in [-0.25, -0.2) is 0 Å². The normalized spacial score (nSPS) is 12.0. The summed E-state index contributed by atoms with van der Waals surface area (Å²) in [5, 5.41) is 11.1. The topological polar surface area (TPSA) is 62.1 Å². The van der Waals surface area contributed by atoms with Crippen molar-refractivity contribution in [2.75, 3.05) is 5.32 Å². The summed E-state index contributed by atoms with van der Waals surface area (Å²) in [6.07, 6.45) is -5.58. The number of hydrogen-bond donors (Lipinski definition) is 1. The highest BCUT2D eigenvalue weighted by Gasteiger charge is 2.34. The fraction of sp³-hybridized carbons (Fsp3) is 0.130. The quantitative estimate of drug-likeness (QED) is 0.591. The lowest BCUT2D eigenvalue weighted by Crippen LogP contribution is -2.31. The van der Waals surface area contributed by atoms with Crippen molar-refractivity contribution < 1.29 is 22.7 Å². The molecular formula is C23H17F3N2O2. The van der Waals surface area contributed by atoms with E-state index in [-0.39, 0.29) is 5.69 Å². The van der Waals surface area contributed by atoms with Crippen LogP contribution in [0.2, 0.25) is 0 Å². The number of nitriles is 1. The molecule has 1 amide bonds. The largest absolute Gasteiger partial charge is 0.481 e. The van der Waals surface area contributed by atoms with Gasteiger partial charge in [0.15, 0.2) is 6.10 Å². The summed E-state index contributed by atoms with van der Waals surface area (Å²) in [6.45, 7) is 1.46. The van der Waals surface area contributed by atoms with E-state index in [1.165, 1.54) is 25.1 Å². The van der Waals surface area contributed by atoms with E-state index in [0.29, 0.717) is 11.3 Å². The molecule has 0 heterocycles. The van der Waals surface area contributed by atoms with Crippen LogP contribution < -0.4 is 10.1 Å². The van der Waals surface area contributed by atoms with Crippen molar-refractivity contribution in [1.82, 2.24) is 0 Å². The second-order valence-electron chi connectivity index (χ2n) is 6.51. The number of nitrogens with one attached hydrogen (secondary N) is 1. The van der Waals surface area contributed by atoms with Crippen LogP contribution >= 0.6 is 0 Å². The standard InChI is InChI=1S/C23H17F3N2O2/c1-15(22(29)28-21-5-3-2-4-20(21)23(24,25)26)30-19-12-10-18(11-13-19)17-8-6-16(14-27)7-9-17/h2-13,15H,1H3,(H,28,29). The van der Waals surface area contributed by atoms with Gasteiger partial charge in [0, 0.05) is 0 Å². The molecule has 0 radical (unpaired) electrons. The van der Waals surface area contributed by atoms with Gasteiger partial charge in [0.05, 0.1) is 22.9 Å². The number of para-hydroxylation sites is 1. The van der Waals surface area contributed by atoms with Crippen LogP contribution in [0.4, 0.5) is 18.9 Å². The second-order valence-corrected chi connectivity index (χ2v) is 6.51. The number of halogens is 3. The number of anilines is 1. The highest BCUT2D eigenvalue weighted by atomic mass is 19.4. The fourth-order valence-electron chi connectivity index (χ4n) is 2.79. The van der Waals surface area contributed by atoms with Gasteiger partial charge in [-0.05, 0) is 54.4 Å². The van der Waals surface area contributed by atoms with Crippen molar-refractivity contribution in [3.63, 3.8) is 0 Å². The van der Waals surface area contributed by atoms with E-state index in [0.717, 1.165) is 17.2 Å². The molecule has 0 fully saturated rings. The van der Waals surface area contributed by atoms with Crippen molar-refractivity contribution >= 4 is 11.6 Å². The molecule has 1 atom stereocenters. The van der Waals surface area contributed by atoms with Crippen molar-refractivity contribution in [2.24, 2.45) is 0 Å². The van der Waals surface area contributed by atoms with Crippen LogP contribution in [-0.2, 0) is 11.0 Å². The Balaban J connectivity index is 1.66. The third-order valence-electron chi connectivity index (χ3n) is 4.37. The maximum Gasteiger partial charge on any atom is 0.418 e. The number of rotatable bonds is 5. The molecule has 3 aromatic carbocycles. The number of alkyl halides is 3. The summed E-state index contributed by atoms with van der Waals surface area (Å²) in [7, 11) is 0. The molecule has 152 valence electrons. The van der Waals surface area contributed by atoms with E-state index in [9.17, 15) is 18.0 Å². The van der Waals surface area contributed by atoms with Crippen LogP contribution in [0, 0.1) is 11.3 Å². The molecule has 7 heteroatoms. The highest BCUT2D eigenvalue weighted by molar-refractivity contribution is 5.94. The molecule has 0 spiro atoms. The van der Waals surface area contributed by atoms with Gasteiger partial charge in [-0.1, -0.05) is 36.4 Å². The number of amides is 1. The first-order valence-corrected chi connectivity index (χ1v) is 9.02. The lowest BCUT2D eigenvalue weighted by molar-refractivity contribution is -0.137. The van der Waals surface area contributed by atoms with Crippen LogP contribution in [0.1, 0.15) is 18.1 Å². The fourth-order valence-corrected chi connectivity index (χ4v) is 2.79. The van der Waals surface area contributed by atoms with E-state index in [2.05, 4.69) is 11.4 Å². The monoisotopic (exact) mass is 410 g/mol. The Labute approximate surface area is 171 Å². The predicted octanol–water partition coefficient (Wildman–Crippen LogP) is 5.65.